The molecule has 0 amide bonds. The van der Waals surface area contributed by atoms with E-state index in [2.05, 4.69) is 16.3 Å². The van der Waals surface area contributed by atoms with Crippen LogP contribution < -0.4 is 10.1 Å². The Morgan fingerprint density at radius 2 is 1.88 bits per heavy atom. The Balaban J connectivity index is 2.02. The normalized spacial score (nSPS) is 17.2. The second-order valence-electron chi connectivity index (χ2n) is 6.06. The molecule has 1 unspecified atom stereocenters. The Morgan fingerprint density at radius 3 is 2.67 bits per heavy atom. The fourth-order valence-electron chi connectivity index (χ4n) is 3.35. The summed E-state index contributed by atoms with van der Waals surface area (Å²) in [6, 6.07) is 15.1. The van der Waals surface area contributed by atoms with Crippen LogP contribution in [0, 0.1) is 5.82 Å². The fraction of sp³-hybridized carbons (Fsp3) is 0.400. The Kier molecular flexibility index (Phi) is 5.83. The van der Waals surface area contributed by atoms with Gasteiger partial charge in [-0.05, 0) is 43.7 Å². The SMILES string of the molecule is CCOc1ccccc1C(c1ccc(F)cc1)N1CCCNCC1. The van der Waals surface area contributed by atoms with Gasteiger partial charge in [-0.1, -0.05) is 30.3 Å². The highest BCUT2D eigenvalue weighted by Gasteiger charge is 2.25. The molecule has 1 fully saturated rings. The van der Waals surface area contributed by atoms with Gasteiger partial charge in [0, 0.05) is 25.2 Å². The number of benzene rings is 2. The third-order valence-corrected chi connectivity index (χ3v) is 4.44. The van der Waals surface area contributed by atoms with Gasteiger partial charge in [-0.25, -0.2) is 4.39 Å². The largest absolute Gasteiger partial charge is 0.494 e. The summed E-state index contributed by atoms with van der Waals surface area (Å²) in [4.78, 5) is 2.46. The highest BCUT2D eigenvalue weighted by molar-refractivity contribution is 5.42. The van der Waals surface area contributed by atoms with Crippen LogP contribution in [0.2, 0.25) is 0 Å². The lowest BCUT2D eigenvalue weighted by Crippen LogP contribution is -2.33. The maximum absolute atomic E-state index is 13.4. The number of nitrogens with one attached hydrogen (secondary N) is 1. The predicted octanol–water partition coefficient (Wildman–Crippen LogP) is 3.61. The van der Waals surface area contributed by atoms with E-state index in [1.807, 2.05) is 37.3 Å². The molecule has 128 valence electrons. The summed E-state index contributed by atoms with van der Waals surface area (Å²) in [6.45, 7) is 6.61. The summed E-state index contributed by atoms with van der Waals surface area (Å²) in [6.07, 6.45) is 1.11. The summed E-state index contributed by atoms with van der Waals surface area (Å²) in [5.74, 6) is 0.708. The van der Waals surface area contributed by atoms with E-state index in [1.54, 1.807) is 12.1 Å². The molecule has 24 heavy (non-hydrogen) atoms. The van der Waals surface area contributed by atoms with Gasteiger partial charge in [0.2, 0.25) is 0 Å². The number of hydrogen-bond donors (Lipinski definition) is 1. The molecule has 1 aliphatic heterocycles. The summed E-state index contributed by atoms with van der Waals surface area (Å²) >= 11 is 0. The number of ether oxygens (including phenoxy) is 1. The molecule has 1 N–H and O–H groups in total. The molecule has 0 aromatic heterocycles. The Labute approximate surface area is 143 Å². The van der Waals surface area contributed by atoms with Crippen LogP contribution in [0.3, 0.4) is 0 Å². The van der Waals surface area contributed by atoms with Crippen molar-refractivity contribution in [2.24, 2.45) is 0 Å². The van der Waals surface area contributed by atoms with Crippen LogP contribution in [0.25, 0.3) is 0 Å². The average Bonchev–Trinajstić information content (AvgIpc) is 2.88. The molecule has 0 aliphatic carbocycles. The minimum Gasteiger partial charge on any atom is -0.494 e. The second-order valence-corrected chi connectivity index (χ2v) is 6.06. The zero-order chi connectivity index (χ0) is 16.8. The number of halogens is 1. The first kappa shape index (κ1) is 16.9. The molecule has 2 aromatic carbocycles. The van der Waals surface area contributed by atoms with Crippen LogP contribution in [0.5, 0.6) is 5.75 Å². The van der Waals surface area contributed by atoms with Crippen molar-refractivity contribution >= 4 is 0 Å². The standard InChI is InChI=1S/C20H25FN2O/c1-2-24-19-7-4-3-6-18(19)20(16-8-10-17(21)11-9-16)23-14-5-12-22-13-15-23/h3-4,6-11,20,22H,2,5,12-15H2,1H3. The van der Waals surface area contributed by atoms with Crippen LogP contribution in [-0.2, 0) is 0 Å². The van der Waals surface area contributed by atoms with E-state index in [4.69, 9.17) is 4.74 Å². The minimum atomic E-state index is -0.201. The van der Waals surface area contributed by atoms with E-state index in [1.165, 1.54) is 0 Å². The summed E-state index contributed by atoms with van der Waals surface area (Å²) < 4.78 is 19.3. The maximum Gasteiger partial charge on any atom is 0.124 e. The van der Waals surface area contributed by atoms with Crippen LogP contribution in [-0.4, -0.2) is 37.7 Å². The van der Waals surface area contributed by atoms with E-state index in [-0.39, 0.29) is 11.9 Å². The lowest BCUT2D eigenvalue weighted by Gasteiger charge is -2.32. The Morgan fingerprint density at radius 1 is 1.08 bits per heavy atom. The van der Waals surface area contributed by atoms with Gasteiger partial charge >= 0.3 is 0 Å². The molecule has 4 heteroatoms. The first-order valence-corrected chi connectivity index (χ1v) is 8.71. The maximum atomic E-state index is 13.4. The van der Waals surface area contributed by atoms with Crippen LogP contribution in [0.1, 0.15) is 30.5 Å². The third kappa shape index (κ3) is 3.94. The minimum absolute atomic E-state index is 0.0771. The van der Waals surface area contributed by atoms with Crippen molar-refractivity contribution in [2.45, 2.75) is 19.4 Å². The predicted molar refractivity (Wildman–Crippen MR) is 94.9 cm³/mol. The third-order valence-electron chi connectivity index (χ3n) is 4.44. The zero-order valence-corrected chi connectivity index (χ0v) is 14.2. The van der Waals surface area contributed by atoms with E-state index in [9.17, 15) is 4.39 Å². The first-order chi connectivity index (χ1) is 11.8. The molecular formula is C20H25FN2O. The molecule has 3 nitrogen and oxygen atoms in total. The molecule has 2 aromatic rings. The average molecular weight is 328 g/mol. The van der Waals surface area contributed by atoms with E-state index in [0.29, 0.717) is 6.61 Å². The van der Waals surface area contributed by atoms with Crippen LogP contribution >= 0.6 is 0 Å². The lowest BCUT2D eigenvalue weighted by molar-refractivity contribution is 0.233. The van der Waals surface area contributed by atoms with E-state index >= 15 is 0 Å². The number of nitrogens with zero attached hydrogens (tertiary/aromatic N) is 1. The molecule has 1 heterocycles. The van der Waals surface area contributed by atoms with E-state index in [0.717, 1.165) is 49.5 Å². The van der Waals surface area contributed by atoms with Crippen molar-refractivity contribution in [3.63, 3.8) is 0 Å². The van der Waals surface area contributed by atoms with Gasteiger partial charge in [0.25, 0.3) is 0 Å². The molecule has 1 atom stereocenters. The van der Waals surface area contributed by atoms with Crippen molar-refractivity contribution < 1.29 is 9.13 Å². The molecule has 0 spiro atoms. The highest BCUT2D eigenvalue weighted by Crippen LogP contribution is 2.35. The molecular weight excluding hydrogens is 303 g/mol. The topological polar surface area (TPSA) is 24.5 Å². The van der Waals surface area contributed by atoms with Gasteiger partial charge in [-0.3, -0.25) is 4.90 Å². The monoisotopic (exact) mass is 328 g/mol. The molecule has 1 saturated heterocycles. The van der Waals surface area contributed by atoms with Crippen molar-refractivity contribution in [1.29, 1.82) is 0 Å². The highest BCUT2D eigenvalue weighted by atomic mass is 19.1. The van der Waals surface area contributed by atoms with Crippen LogP contribution in [0.4, 0.5) is 4.39 Å². The Bertz CT molecular complexity index is 636. The zero-order valence-electron chi connectivity index (χ0n) is 14.2. The summed E-state index contributed by atoms with van der Waals surface area (Å²) in [5.41, 5.74) is 2.25. The van der Waals surface area contributed by atoms with Crippen molar-refractivity contribution in [3.05, 3.63) is 65.5 Å². The van der Waals surface area contributed by atoms with Gasteiger partial charge in [-0.15, -0.1) is 0 Å². The summed E-state index contributed by atoms with van der Waals surface area (Å²) in [5, 5.41) is 3.45. The molecule has 1 aliphatic rings. The van der Waals surface area contributed by atoms with E-state index < -0.39 is 0 Å². The quantitative estimate of drug-likeness (QED) is 0.907. The van der Waals surface area contributed by atoms with Gasteiger partial charge < -0.3 is 10.1 Å². The van der Waals surface area contributed by atoms with Crippen molar-refractivity contribution in [3.8, 4) is 5.75 Å². The number of hydrogen-bond acceptors (Lipinski definition) is 3. The smallest absolute Gasteiger partial charge is 0.124 e. The summed E-state index contributed by atoms with van der Waals surface area (Å²) in [7, 11) is 0. The molecule has 0 radical (unpaired) electrons. The fourth-order valence-corrected chi connectivity index (χ4v) is 3.35. The molecule has 3 rings (SSSR count). The number of para-hydroxylation sites is 1. The lowest BCUT2D eigenvalue weighted by atomic mass is 9.95. The Hall–Kier alpha value is -1.91. The second kappa shape index (κ2) is 8.27. The number of rotatable bonds is 5. The first-order valence-electron chi connectivity index (χ1n) is 8.71. The van der Waals surface area contributed by atoms with Gasteiger partial charge in [0.15, 0.2) is 0 Å². The van der Waals surface area contributed by atoms with Gasteiger partial charge in [0.05, 0.1) is 12.6 Å². The van der Waals surface area contributed by atoms with Crippen molar-refractivity contribution in [2.75, 3.05) is 32.8 Å². The van der Waals surface area contributed by atoms with Gasteiger partial charge in [-0.2, -0.15) is 0 Å². The van der Waals surface area contributed by atoms with Crippen LogP contribution in [0.15, 0.2) is 48.5 Å². The molecule has 0 bridgehead atoms. The van der Waals surface area contributed by atoms with Gasteiger partial charge in [0.1, 0.15) is 11.6 Å². The molecule has 0 saturated carbocycles. The van der Waals surface area contributed by atoms with Crippen molar-refractivity contribution in [1.82, 2.24) is 10.2 Å².